The smallest absolute Gasteiger partial charge is 0.255 e. The third-order valence-electron chi connectivity index (χ3n) is 4.90. The molecule has 2 amide bonds. The molecule has 0 bridgehead atoms. The first kappa shape index (κ1) is 21.7. The predicted octanol–water partition coefficient (Wildman–Crippen LogP) is 4.75. The Balaban J connectivity index is 1.86. The quantitative estimate of drug-likeness (QED) is 0.747. The van der Waals surface area contributed by atoms with Crippen molar-refractivity contribution in [2.24, 2.45) is 11.3 Å². The fourth-order valence-electron chi connectivity index (χ4n) is 3.34. The van der Waals surface area contributed by atoms with Gasteiger partial charge in [0, 0.05) is 17.8 Å². The first-order valence-electron chi connectivity index (χ1n) is 10.3. The number of rotatable bonds is 6. The lowest BCUT2D eigenvalue weighted by Crippen LogP contribution is -2.43. The Labute approximate surface area is 178 Å². The molecule has 30 heavy (non-hydrogen) atoms. The van der Waals surface area contributed by atoms with Gasteiger partial charge in [-0.15, -0.1) is 0 Å². The van der Waals surface area contributed by atoms with Gasteiger partial charge in [0.2, 0.25) is 5.91 Å². The number of carbonyl (C=O) groups is 2. The van der Waals surface area contributed by atoms with Gasteiger partial charge in [0.1, 0.15) is 18.1 Å². The highest BCUT2D eigenvalue weighted by molar-refractivity contribution is 6.05. The van der Waals surface area contributed by atoms with E-state index >= 15 is 0 Å². The molecule has 0 aromatic heterocycles. The van der Waals surface area contributed by atoms with Crippen LogP contribution in [-0.4, -0.2) is 31.6 Å². The molecule has 2 aromatic rings. The average Bonchev–Trinajstić information content (AvgIpc) is 2.79. The van der Waals surface area contributed by atoms with Gasteiger partial charge in [-0.25, -0.2) is 0 Å². The Kier molecular flexibility index (Phi) is 6.34. The van der Waals surface area contributed by atoms with Gasteiger partial charge >= 0.3 is 0 Å². The highest BCUT2D eigenvalue weighted by Crippen LogP contribution is 2.38. The number of hydrogen-bond acceptors (Lipinski definition) is 4. The molecular weight excluding hydrogens is 380 g/mol. The van der Waals surface area contributed by atoms with Gasteiger partial charge in [-0.2, -0.15) is 0 Å². The van der Waals surface area contributed by atoms with Crippen molar-refractivity contribution >= 4 is 23.2 Å². The molecule has 0 fully saturated rings. The summed E-state index contributed by atoms with van der Waals surface area (Å²) >= 11 is 0. The van der Waals surface area contributed by atoms with Crippen molar-refractivity contribution in [1.82, 2.24) is 0 Å². The van der Waals surface area contributed by atoms with E-state index in [0.717, 1.165) is 5.75 Å². The van der Waals surface area contributed by atoms with E-state index in [0.29, 0.717) is 42.4 Å². The zero-order valence-electron chi connectivity index (χ0n) is 18.3. The van der Waals surface area contributed by atoms with Crippen LogP contribution in [0.25, 0.3) is 0 Å². The number of benzene rings is 2. The lowest BCUT2D eigenvalue weighted by molar-refractivity contribution is -0.127. The van der Waals surface area contributed by atoms with Crippen molar-refractivity contribution in [3.8, 4) is 11.5 Å². The number of nitrogens with zero attached hydrogens (tertiary/aromatic N) is 1. The van der Waals surface area contributed by atoms with E-state index in [9.17, 15) is 9.59 Å². The van der Waals surface area contributed by atoms with Gasteiger partial charge in [-0.3, -0.25) is 9.59 Å². The van der Waals surface area contributed by atoms with Crippen LogP contribution in [0, 0.1) is 11.3 Å². The number of nitrogens with one attached hydrogen (secondary N) is 1. The third kappa shape index (κ3) is 4.75. The molecule has 3 rings (SSSR count). The second-order valence-corrected chi connectivity index (χ2v) is 8.58. The maximum Gasteiger partial charge on any atom is 0.255 e. The number of amides is 2. The summed E-state index contributed by atoms with van der Waals surface area (Å²) < 4.78 is 11.4. The second-order valence-electron chi connectivity index (χ2n) is 8.58. The molecule has 0 saturated heterocycles. The van der Waals surface area contributed by atoms with Crippen LogP contribution >= 0.6 is 0 Å². The van der Waals surface area contributed by atoms with E-state index < -0.39 is 5.41 Å². The van der Waals surface area contributed by atoms with Crippen molar-refractivity contribution in [2.45, 2.75) is 34.6 Å². The lowest BCUT2D eigenvalue weighted by Gasteiger charge is -2.29. The summed E-state index contributed by atoms with van der Waals surface area (Å²) in [5.74, 6) is 1.45. The maximum atomic E-state index is 13.2. The molecule has 160 valence electrons. The van der Waals surface area contributed by atoms with Gasteiger partial charge in [0.15, 0.2) is 0 Å². The molecule has 0 spiro atoms. The summed E-state index contributed by atoms with van der Waals surface area (Å²) in [6.07, 6.45) is 0. The van der Waals surface area contributed by atoms with Crippen molar-refractivity contribution in [3.05, 3.63) is 48.0 Å². The fraction of sp³-hybridized carbons (Fsp3) is 0.417. The molecular formula is C24H30N2O4. The maximum absolute atomic E-state index is 13.2. The highest BCUT2D eigenvalue weighted by Gasteiger charge is 2.38. The number of fused-ring (bicyclic) bond motifs is 1. The first-order chi connectivity index (χ1) is 14.2. The second kappa shape index (κ2) is 8.78. The Hall–Kier alpha value is -3.02. The zero-order chi connectivity index (χ0) is 21.9. The summed E-state index contributed by atoms with van der Waals surface area (Å²) in [5.41, 5.74) is 1.20. The molecule has 1 heterocycles. The van der Waals surface area contributed by atoms with E-state index in [4.69, 9.17) is 9.47 Å². The van der Waals surface area contributed by atoms with E-state index in [1.54, 1.807) is 35.2 Å². The van der Waals surface area contributed by atoms with Crippen molar-refractivity contribution in [1.29, 1.82) is 0 Å². The van der Waals surface area contributed by atoms with E-state index in [1.165, 1.54) is 0 Å². The molecule has 6 nitrogen and oxygen atoms in total. The van der Waals surface area contributed by atoms with Crippen LogP contribution in [0.1, 0.15) is 45.0 Å². The number of anilines is 2. The van der Waals surface area contributed by atoms with Crippen LogP contribution in [-0.2, 0) is 4.79 Å². The Morgan fingerprint density at radius 3 is 2.53 bits per heavy atom. The minimum absolute atomic E-state index is 0.0185. The minimum Gasteiger partial charge on any atom is -0.494 e. The van der Waals surface area contributed by atoms with Crippen molar-refractivity contribution < 1.29 is 19.1 Å². The average molecular weight is 411 g/mol. The van der Waals surface area contributed by atoms with Crippen LogP contribution in [0.15, 0.2) is 42.5 Å². The SMILES string of the molecule is CCOc1ccc(C(=O)Nc2ccc3c(c2)N(CC(C)C)C(=O)C(C)(C)CO3)cc1. The monoisotopic (exact) mass is 410 g/mol. The summed E-state index contributed by atoms with van der Waals surface area (Å²) in [7, 11) is 0. The van der Waals surface area contributed by atoms with Gasteiger partial charge in [0.25, 0.3) is 5.91 Å². The topological polar surface area (TPSA) is 67.9 Å². The fourth-order valence-corrected chi connectivity index (χ4v) is 3.34. The molecule has 1 N–H and O–H groups in total. The van der Waals surface area contributed by atoms with Gasteiger partial charge in [-0.05, 0) is 69.2 Å². The Bertz CT molecular complexity index is 919. The molecule has 0 aliphatic carbocycles. The van der Waals surface area contributed by atoms with Crippen LogP contribution in [0.5, 0.6) is 11.5 Å². The third-order valence-corrected chi connectivity index (χ3v) is 4.90. The molecule has 0 saturated carbocycles. The predicted molar refractivity (Wildman–Crippen MR) is 118 cm³/mol. The Morgan fingerprint density at radius 2 is 1.90 bits per heavy atom. The molecule has 0 atom stereocenters. The molecule has 0 unspecified atom stereocenters. The summed E-state index contributed by atoms with van der Waals surface area (Å²) in [6, 6.07) is 12.4. The Morgan fingerprint density at radius 1 is 1.20 bits per heavy atom. The normalized spacial score (nSPS) is 15.3. The molecule has 1 aliphatic heterocycles. The van der Waals surface area contributed by atoms with Crippen molar-refractivity contribution in [2.75, 3.05) is 30.0 Å². The van der Waals surface area contributed by atoms with E-state index in [2.05, 4.69) is 19.2 Å². The molecule has 1 aliphatic rings. The number of carbonyl (C=O) groups excluding carboxylic acids is 2. The standard InChI is InChI=1S/C24H30N2O4/c1-6-29-19-10-7-17(8-11-19)22(27)25-18-9-12-21-20(13-18)26(14-16(2)3)23(28)24(4,5)15-30-21/h7-13,16H,6,14-15H2,1-5H3,(H,25,27). The summed E-state index contributed by atoms with van der Waals surface area (Å²) in [6.45, 7) is 11.3. The molecule has 2 aromatic carbocycles. The van der Waals surface area contributed by atoms with Crippen LogP contribution in [0.2, 0.25) is 0 Å². The van der Waals surface area contributed by atoms with Crippen LogP contribution in [0.4, 0.5) is 11.4 Å². The largest absolute Gasteiger partial charge is 0.494 e. The number of ether oxygens (including phenoxy) is 2. The summed E-state index contributed by atoms with van der Waals surface area (Å²) in [4.78, 5) is 27.6. The van der Waals surface area contributed by atoms with Crippen molar-refractivity contribution in [3.63, 3.8) is 0 Å². The first-order valence-corrected chi connectivity index (χ1v) is 10.3. The molecule has 0 radical (unpaired) electrons. The van der Waals surface area contributed by atoms with Gasteiger partial charge < -0.3 is 19.7 Å². The number of hydrogen-bond donors (Lipinski definition) is 1. The zero-order valence-corrected chi connectivity index (χ0v) is 18.3. The molecule has 6 heteroatoms. The van der Waals surface area contributed by atoms with Gasteiger partial charge in [-0.1, -0.05) is 13.8 Å². The van der Waals surface area contributed by atoms with Crippen LogP contribution < -0.4 is 19.7 Å². The lowest BCUT2D eigenvalue weighted by atomic mass is 9.92. The van der Waals surface area contributed by atoms with E-state index in [1.807, 2.05) is 32.9 Å². The van der Waals surface area contributed by atoms with E-state index in [-0.39, 0.29) is 17.7 Å². The highest BCUT2D eigenvalue weighted by atomic mass is 16.5. The van der Waals surface area contributed by atoms with Crippen LogP contribution in [0.3, 0.4) is 0 Å². The summed E-state index contributed by atoms with van der Waals surface area (Å²) in [5, 5.41) is 2.92. The van der Waals surface area contributed by atoms with Gasteiger partial charge in [0.05, 0.1) is 17.7 Å². The minimum atomic E-state index is -0.625.